The topological polar surface area (TPSA) is 92.3 Å². The van der Waals surface area contributed by atoms with Gasteiger partial charge in [-0.2, -0.15) is 0 Å². The number of ether oxygens (including phenoxy) is 5. The van der Waals surface area contributed by atoms with E-state index >= 15 is 0 Å². The number of hydrogen-bond donors (Lipinski definition) is 1. The van der Waals surface area contributed by atoms with Gasteiger partial charge in [0.25, 0.3) is 5.91 Å². The van der Waals surface area contributed by atoms with Gasteiger partial charge in [-0.25, -0.2) is 4.79 Å². The van der Waals surface area contributed by atoms with E-state index in [4.69, 9.17) is 23.7 Å². The van der Waals surface area contributed by atoms with Gasteiger partial charge in [0.15, 0.2) is 0 Å². The first-order valence-corrected chi connectivity index (χ1v) is 11.5. The average molecular weight is 446 g/mol. The number of carbonyl (C=O) groups excluding carboxylic acids is 2. The molecule has 0 aromatic rings. The fraction of sp³-hybridized carbons (Fsp3) is 0.826. The minimum atomic E-state index is -1.35. The van der Waals surface area contributed by atoms with Crippen molar-refractivity contribution in [1.82, 2.24) is 5.32 Å². The van der Waals surface area contributed by atoms with Crippen LogP contribution in [0, 0.1) is 5.92 Å². The van der Waals surface area contributed by atoms with Crippen molar-refractivity contribution in [2.24, 2.45) is 5.92 Å². The number of alkyl carbamates (subject to hydrolysis) is 1. The van der Waals surface area contributed by atoms with Crippen molar-refractivity contribution >= 4 is 12.0 Å². The third-order valence-corrected chi connectivity index (χ3v) is 4.70. The van der Waals surface area contributed by atoms with Crippen molar-refractivity contribution in [2.45, 2.75) is 93.2 Å². The minimum absolute atomic E-state index is 0.163. The van der Waals surface area contributed by atoms with Gasteiger partial charge in [-0.05, 0) is 34.6 Å². The molecule has 2 amide bonds. The van der Waals surface area contributed by atoms with Gasteiger partial charge < -0.3 is 23.7 Å². The first-order valence-electron chi connectivity index (χ1n) is 11.5. The van der Waals surface area contributed by atoms with Crippen molar-refractivity contribution in [3.63, 3.8) is 0 Å². The largest absolute Gasteiger partial charge is 0.450 e. The molecule has 0 radical (unpaired) electrons. The summed E-state index contributed by atoms with van der Waals surface area (Å²) in [6.45, 7) is 16.3. The van der Waals surface area contributed by atoms with E-state index in [1.54, 1.807) is 13.8 Å². The van der Waals surface area contributed by atoms with Gasteiger partial charge in [-0.3, -0.25) is 10.1 Å². The summed E-state index contributed by atoms with van der Waals surface area (Å²) in [5.74, 6) is -2.14. The first-order chi connectivity index (χ1) is 14.8. The van der Waals surface area contributed by atoms with E-state index in [-0.39, 0.29) is 17.9 Å². The lowest BCUT2D eigenvalue weighted by molar-refractivity contribution is -0.401. The quantitative estimate of drug-likeness (QED) is 0.356. The van der Waals surface area contributed by atoms with Crippen molar-refractivity contribution in [1.29, 1.82) is 0 Å². The molecule has 8 nitrogen and oxygen atoms in total. The average Bonchev–Trinajstić information content (AvgIpc) is 2.71. The predicted octanol–water partition coefficient (Wildman–Crippen LogP) is 4.92. The molecule has 0 bridgehead atoms. The minimum Gasteiger partial charge on any atom is -0.450 e. The van der Waals surface area contributed by atoms with Crippen LogP contribution in [0.3, 0.4) is 0 Å². The van der Waals surface area contributed by atoms with E-state index < -0.39 is 30.0 Å². The zero-order valence-corrected chi connectivity index (χ0v) is 20.7. The van der Waals surface area contributed by atoms with Gasteiger partial charge in [-0.1, -0.05) is 46.5 Å². The summed E-state index contributed by atoms with van der Waals surface area (Å²) in [5, 5.41) is 2.18. The molecule has 0 aromatic carbocycles. The Kier molecular flexibility index (Phi) is 15.2. The highest BCUT2D eigenvalue weighted by atomic mass is 16.9. The first kappa shape index (κ1) is 29.4. The standard InChI is InChI=1S/C17H29NO7.C6H14/c1-7-21-14-11(5)17(23-9-3,24-10-4)25-12(6)13(14)15(19)18-16(20)22-8-2;1-3-5-6-4-2/h11,14H,7-10H2,1-6H3,(H,18,19,20);3-6H2,1-2H3/t11-,14-;/m1./s1. The van der Waals surface area contributed by atoms with Gasteiger partial charge in [0.2, 0.25) is 0 Å². The molecule has 0 unspecified atom stereocenters. The molecule has 0 spiro atoms. The fourth-order valence-electron chi connectivity index (χ4n) is 3.29. The van der Waals surface area contributed by atoms with Crippen LogP contribution in [0.5, 0.6) is 0 Å². The second-order valence-corrected chi connectivity index (χ2v) is 7.09. The summed E-state index contributed by atoms with van der Waals surface area (Å²) in [5.41, 5.74) is 0.220. The summed E-state index contributed by atoms with van der Waals surface area (Å²) < 4.78 is 27.9. The number of amides is 2. The summed E-state index contributed by atoms with van der Waals surface area (Å²) in [4.78, 5) is 24.1. The van der Waals surface area contributed by atoms with E-state index in [1.165, 1.54) is 25.7 Å². The molecule has 1 rings (SSSR count). The highest BCUT2D eigenvalue weighted by Gasteiger charge is 2.52. The van der Waals surface area contributed by atoms with Crippen LogP contribution in [-0.2, 0) is 28.5 Å². The van der Waals surface area contributed by atoms with Crippen molar-refractivity contribution < 1.29 is 33.3 Å². The number of imide groups is 1. The van der Waals surface area contributed by atoms with Crippen LogP contribution in [0.4, 0.5) is 4.79 Å². The zero-order valence-electron chi connectivity index (χ0n) is 20.7. The number of rotatable bonds is 11. The summed E-state index contributed by atoms with van der Waals surface area (Å²) in [6.07, 6.45) is 4.06. The maximum absolute atomic E-state index is 12.5. The van der Waals surface area contributed by atoms with Crippen LogP contribution >= 0.6 is 0 Å². The molecule has 182 valence electrons. The third kappa shape index (κ3) is 9.17. The molecule has 2 atom stereocenters. The van der Waals surface area contributed by atoms with Crippen LogP contribution in [0.1, 0.15) is 81.1 Å². The monoisotopic (exact) mass is 445 g/mol. The zero-order chi connectivity index (χ0) is 23.9. The normalized spacial score (nSPS) is 19.7. The number of nitrogens with one attached hydrogen (secondary N) is 1. The van der Waals surface area contributed by atoms with Crippen LogP contribution in [-0.4, -0.2) is 50.5 Å². The summed E-state index contributed by atoms with van der Waals surface area (Å²) in [6, 6.07) is 0. The van der Waals surface area contributed by atoms with Gasteiger partial charge in [0.05, 0.1) is 31.3 Å². The number of allylic oxidation sites excluding steroid dienone is 1. The highest BCUT2D eigenvalue weighted by molar-refractivity contribution is 6.03. The van der Waals surface area contributed by atoms with Gasteiger partial charge in [0, 0.05) is 6.61 Å². The molecule has 31 heavy (non-hydrogen) atoms. The van der Waals surface area contributed by atoms with Crippen molar-refractivity contribution in [2.75, 3.05) is 26.4 Å². The fourth-order valence-corrected chi connectivity index (χ4v) is 3.29. The van der Waals surface area contributed by atoms with Gasteiger partial charge in [0.1, 0.15) is 11.9 Å². The SMILES string of the molecule is CCCCCC.CCOC(=O)NC(=O)C1=C(C)OC(OCC)(OCC)[C@H](C)[C@H]1OCC. The Bertz CT molecular complexity index is 552. The van der Waals surface area contributed by atoms with Crippen molar-refractivity contribution in [3.05, 3.63) is 11.3 Å². The van der Waals surface area contributed by atoms with Gasteiger partial charge in [-0.15, -0.1) is 0 Å². The molecule has 0 saturated heterocycles. The molecule has 1 heterocycles. The van der Waals surface area contributed by atoms with E-state index in [9.17, 15) is 9.59 Å². The lowest BCUT2D eigenvalue weighted by Gasteiger charge is -2.45. The second-order valence-electron chi connectivity index (χ2n) is 7.09. The highest BCUT2D eigenvalue weighted by Crippen LogP contribution is 2.40. The maximum Gasteiger partial charge on any atom is 0.414 e. The number of hydrogen-bond acceptors (Lipinski definition) is 7. The molecular formula is C23H43NO7. The molecule has 0 saturated carbocycles. The molecule has 1 aliphatic rings. The second kappa shape index (κ2) is 16.1. The Balaban J connectivity index is 0.00000131. The molecule has 1 aliphatic heterocycles. The Morgan fingerprint density at radius 1 is 0.935 bits per heavy atom. The Morgan fingerprint density at radius 3 is 1.90 bits per heavy atom. The third-order valence-electron chi connectivity index (χ3n) is 4.70. The van der Waals surface area contributed by atoms with Gasteiger partial charge >= 0.3 is 12.1 Å². The smallest absolute Gasteiger partial charge is 0.414 e. The lowest BCUT2D eigenvalue weighted by atomic mass is 9.90. The predicted molar refractivity (Wildman–Crippen MR) is 119 cm³/mol. The molecule has 8 heteroatoms. The summed E-state index contributed by atoms with van der Waals surface area (Å²) in [7, 11) is 0. The molecule has 0 aromatic heterocycles. The van der Waals surface area contributed by atoms with E-state index in [0.717, 1.165) is 0 Å². The number of unbranched alkanes of at least 4 members (excludes halogenated alkanes) is 3. The van der Waals surface area contributed by atoms with E-state index in [2.05, 4.69) is 19.2 Å². The molecule has 0 aliphatic carbocycles. The molecule has 0 fully saturated rings. The van der Waals surface area contributed by atoms with Crippen molar-refractivity contribution in [3.8, 4) is 0 Å². The molecular weight excluding hydrogens is 402 g/mol. The van der Waals surface area contributed by atoms with Crippen LogP contribution in [0.25, 0.3) is 0 Å². The lowest BCUT2D eigenvalue weighted by Crippen LogP contribution is -2.55. The molecule has 1 N–H and O–H groups in total. The van der Waals surface area contributed by atoms with Crippen LogP contribution < -0.4 is 5.32 Å². The Morgan fingerprint density at radius 2 is 1.48 bits per heavy atom. The Labute approximate surface area is 188 Å². The maximum atomic E-state index is 12.5. The van der Waals surface area contributed by atoms with Crippen LogP contribution in [0.15, 0.2) is 11.3 Å². The van der Waals surface area contributed by atoms with E-state index in [1.807, 2.05) is 27.7 Å². The Hall–Kier alpha value is -1.64. The summed E-state index contributed by atoms with van der Waals surface area (Å²) >= 11 is 0. The van der Waals surface area contributed by atoms with Crippen LogP contribution in [0.2, 0.25) is 0 Å². The van der Waals surface area contributed by atoms with E-state index in [0.29, 0.717) is 19.8 Å². The number of carbonyl (C=O) groups is 2.